The average Bonchev–Trinajstić information content (AvgIpc) is 2.81. The molecule has 0 aromatic heterocycles. The third-order valence-corrected chi connectivity index (χ3v) is 5.77. The largest absolute Gasteiger partial charge is 0.394 e. The fourth-order valence-corrected chi connectivity index (χ4v) is 4.15. The fraction of sp³-hybridized carbons (Fsp3) is 0.870. The van der Waals surface area contributed by atoms with E-state index < -0.39 is 35.1 Å². The van der Waals surface area contributed by atoms with E-state index in [1.54, 1.807) is 0 Å². The SMILES string of the molecule is CC(C)CCC(=O)C1(O)C(=O)C(C(CC(C)C)=NCCO)C(O)C1CCC(C)C. The molecule has 1 saturated carbocycles. The molecular weight excluding hydrogens is 370 g/mol. The van der Waals surface area contributed by atoms with E-state index in [2.05, 4.69) is 4.99 Å². The predicted octanol–water partition coefficient (Wildman–Crippen LogP) is 2.81. The summed E-state index contributed by atoms with van der Waals surface area (Å²) >= 11 is 0. The number of nitrogens with zero attached hydrogens (tertiary/aromatic N) is 1. The number of rotatable bonds is 12. The minimum absolute atomic E-state index is 0.116. The Morgan fingerprint density at radius 2 is 1.66 bits per heavy atom. The topological polar surface area (TPSA) is 107 Å². The first-order valence-electron chi connectivity index (χ1n) is 11.1. The molecule has 0 amide bonds. The molecule has 0 aromatic rings. The number of aliphatic hydroxyl groups is 3. The van der Waals surface area contributed by atoms with Crippen molar-refractivity contribution >= 4 is 17.3 Å². The van der Waals surface area contributed by atoms with E-state index in [9.17, 15) is 24.9 Å². The van der Waals surface area contributed by atoms with Gasteiger partial charge in [0.2, 0.25) is 0 Å². The van der Waals surface area contributed by atoms with Crippen molar-refractivity contribution < 1.29 is 24.9 Å². The zero-order chi connectivity index (χ0) is 22.4. The Morgan fingerprint density at radius 1 is 1.07 bits per heavy atom. The molecule has 29 heavy (non-hydrogen) atoms. The Kier molecular flexibility index (Phi) is 10.1. The van der Waals surface area contributed by atoms with E-state index in [0.717, 1.165) is 0 Å². The molecule has 0 aromatic carbocycles. The van der Waals surface area contributed by atoms with Crippen molar-refractivity contribution in [2.45, 2.75) is 85.4 Å². The zero-order valence-corrected chi connectivity index (χ0v) is 19.0. The lowest BCUT2D eigenvalue weighted by Gasteiger charge is -2.29. The standard InChI is InChI=1S/C23H41NO5/c1-14(2)7-9-17-21(27)20(18(13-16(5)6)24-11-12-25)22(28)23(17,29)19(26)10-8-15(3)4/h14-17,20-21,25,27,29H,7-13H2,1-6H3. The molecule has 4 unspecified atom stereocenters. The first kappa shape index (κ1) is 25.9. The summed E-state index contributed by atoms with van der Waals surface area (Å²) in [5, 5.41) is 31.7. The van der Waals surface area contributed by atoms with Crippen LogP contribution in [0.5, 0.6) is 0 Å². The van der Waals surface area contributed by atoms with Crippen molar-refractivity contribution in [1.82, 2.24) is 0 Å². The van der Waals surface area contributed by atoms with Gasteiger partial charge in [-0.15, -0.1) is 0 Å². The van der Waals surface area contributed by atoms with Crippen LogP contribution in [0, 0.1) is 29.6 Å². The van der Waals surface area contributed by atoms with Crippen molar-refractivity contribution in [1.29, 1.82) is 0 Å². The van der Waals surface area contributed by atoms with Crippen molar-refractivity contribution in [3.63, 3.8) is 0 Å². The zero-order valence-electron chi connectivity index (χ0n) is 19.0. The van der Waals surface area contributed by atoms with Gasteiger partial charge in [0.1, 0.15) is 0 Å². The monoisotopic (exact) mass is 411 g/mol. The second kappa shape index (κ2) is 11.3. The first-order chi connectivity index (χ1) is 13.5. The summed E-state index contributed by atoms with van der Waals surface area (Å²) in [5.74, 6) is -2.14. The number of carbonyl (C=O) groups excluding carboxylic acids is 2. The Bertz CT molecular complexity index is 584. The second-order valence-electron chi connectivity index (χ2n) is 9.73. The highest BCUT2D eigenvalue weighted by atomic mass is 16.3. The van der Waals surface area contributed by atoms with E-state index in [0.29, 0.717) is 37.3 Å². The quantitative estimate of drug-likeness (QED) is 0.338. The Balaban J connectivity index is 3.33. The number of aliphatic imine (C=N–C) groups is 1. The summed E-state index contributed by atoms with van der Waals surface area (Å²) in [6, 6.07) is 0. The average molecular weight is 412 g/mol. The molecule has 6 heteroatoms. The van der Waals surface area contributed by atoms with Crippen LogP contribution in [0.25, 0.3) is 0 Å². The van der Waals surface area contributed by atoms with Crippen LogP contribution in [0.3, 0.4) is 0 Å². The van der Waals surface area contributed by atoms with Gasteiger partial charge in [-0.25, -0.2) is 0 Å². The lowest BCUT2D eigenvalue weighted by Crippen LogP contribution is -2.50. The molecule has 0 radical (unpaired) electrons. The van der Waals surface area contributed by atoms with Crippen molar-refractivity contribution in [2.75, 3.05) is 13.2 Å². The highest BCUT2D eigenvalue weighted by molar-refractivity contribution is 6.20. The molecular formula is C23H41NO5. The molecule has 4 atom stereocenters. The minimum Gasteiger partial charge on any atom is -0.394 e. The highest BCUT2D eigenvalue weighted by Crippen LogP contribution is 2.43. The Morgan fingerprint density at radius 3 is 2.14 bits per heavy atom. The predicted molar refractivity (Wildman–Crippen MR) is 115 cm³/mol. The molecule has 0 spiro atoms. The number of carbonyl (C=O) groups is 2. The van der Waals surface area contributed by atoms with Crippen LogP contribution in [0.2, 0.25) is 0 Å². The number of ketones is 2. The van der Waals surface area contributed by atoms with Gasteiger partial charge in [0.15, 0.2) is 17.2 Å². The smallest absolute Gasteiger partial charge is 0.187 e. The minimum atomic E-state index is -2.16. The van der Waals surface area contributed by atoms with Crippen LogP contribution in [-0.2, 0) is 9.59 Å². The molecule has 0 saturated heterocycles. The lowest BCUT2D eigenvalue weighted by molar-refractivity contribution is -0.154. The third kappa shape index (κ3) is 6.43. The summed E-state index contributed by atoms with van der Waals surface area (Å²) in [6.45, 7) is 12.0. The van der Waals surface area contributed by atoms with E-state index in [-0.39, 0.29) is 31.4 Å². The highest BCUT2D eigenvalue weighted by Gasteiger charge is 2.63. The molecule has 168 valence electrons. The summed E-state index contributed by atoms with van der Waals surface area (Å²) < 4.78 is 0. The second-order valence-corrected chi connectivity index (χ2v) is 9.73. The summed E-state index contributed by atoms with van der Waals surface area (Å²) in [4.78, 5) is 30.8. The van der Waals surface area contributed by atoms with Crippen LogP contribution in [0.15, 0.2) is 4.99 Å². The van der Waals surface area contributed by atoms with Gasteiger partial charge in [0, 0.05) is 18.1 Å². The fourth-order valence-electron chi connectivity index (χ4n) is 4.15. The van der Waals surface area contributed by atoms with Gasteiger partial charge in [-0.05, 0) is 37.0 Å². The molecule has 0 bridgehead atoms. The maximum absolute atomic E-state index is 13.4. The maximum Gasteiger partial charge on any atom is 0.187 e. The molecule has 1 aliphatic carbocycles. The van der Waals surface area contributed by atoms with Gasteiger partial charge < -0.3 is 15.3 Å². The van der Waals surface area contributed by atoms with E-state index in [4.69, 9.17) is 0 Å². The van der Waals surface area contributed by atoms with Crippen LogP contribution in [0.1, 0.15) is 73.6 Å². The van der Waals surface area contributed by atoms with E-state index >= 15 is 0 Å². The molecule has 0 aliphatic heterocycles. The lowest BCUT2D eigenvalue weighted by atomic mass is 9.79. The molecule has 3 N–H and O–H groups in total. The van der Waals surface area contributed by atoms with Gasteiger partial charge in [0.05, 0.1) is 25.2 Å². The van der Waals surface area contributed by atoms with Gasteiger partial charge in [-0.3, -0.25) is 14.6 Å². The van der Waals surface area contributed by atoms with Crippen LogP contribution in [-0.4, -0.2) is 57.5 Å². The van der Waals surface area contributed by atoms with Crippen molar-refractivity contribution in [3.05, 3.63) is 0 Å². The van der Waals surface area contributed by atoms with E-state index in [1.807, 2.05) is 41.5 Å². The summed E-state index contributed by atoms with van der Waals surface area (Å²) in [5.41, 5.74) is -1.68. The molecule has 1 fully saturated rings. The van der Waals surface area contributed by atoms with Gasteiger partial charge in [0.25, 0.3) is 0 Å². The van der Waals surface area contributed by atoms with Gasteiger partial charge in [-0.2, -0.15) is 0 Å². The third-order valence-electron chi connectivity index (χ3n) is 5.77. The van der Waals surface area contributed by atoms with E-state index in [1.165, 1.54) is 0 Å². The van der Waals surface area contributed by atoms with Crippen molar-refractivity contribution in [3.8, 4) is 0 Å². The van der Waals surface area contributed by atoms with Crippen LogP contribution in [0.4, 0.5) is 0 Å². The molecule has 0 heterocycles. The van der Waals surface area contributed by atoms with Crippen molar-refractivity contribution in [2.24, 2.45) is 34.6 Å². The summed E-state index contributed by atoms with van der Waals surface area (Å²) in [6.07, 6.45) is 1.13. The normalized spacial score (nSPS) is 28.2. The van der Waals surface area contributed by atoms with Crippen LogP contribution < -0.4 is 0 Å². The van der Waals surface area contributed by atoms with Crippen LogP contribution >= 0.6 is 0 Å². The Labute approximate surface area is 175 Å². The number of aliphatic hydroxyl groups excluding tert-OH is 2. The molecule has 1 rings (SSSR count). The first-order valence-corrected chi connectivity index (χ1v) is 11.1. The number of hydrogen-bond acceptors (Lipinski definition) is 6. The summed E-state index contributed by atoms with van der Waals surface area (Å²) in [7, 11) is 0. The van der Waals surface area contributed by atoms with Gasteiger partial charge >= 0.3 is 0 Å². The number of hydrogen-bond donors (Lipinski definition) is 3. The maximum atomic E-state index is 13.4. The molecule has 6 nitrogen and oxygen atoms in total. The van der Waals surface area contributed by atoms with Gasteiger partial charge in [-0.1, -0.05) is 48.0 Å². The molecule has 1 aliphatic rings. The Hall–Kier alpha value is -1.11. The number of Topliss-reactive ketones (excluding diaryl/α,β-unsaturated/α-hetero) is 2.